The molecular weight excluding hydrogens is 158 g/mol. The molecule has 0 saturated heterocycles. The average Bonchev–Trinajstić information content (AvgIpc) is 2.08. The molecule has 0 unspecified atom stereocenters. The molecule has 1 aromatic heterocycles. The minimum Gasteiger partial charge on any atom is -0.382 e. The van der Waals surface area contributed by atoms with Crippen LogP contribution < -0.4 is 11.3 Å². The van der Waals surface area contributed by atoms with Crippen molar-refractivity contribution in [1.82, 2.24) is 9.78 Å². The first-order valence-corrected chi connectivity index (χ1v) is 2.80. The summed E-state index contributed by atoms with van der Waals surface area (Å²) in [6.45, 7) is 0. The number of anilines is 1. The highest BCUT2D eigenvalue weighted by Gasteiger charge is 2.32. The molecule has 0 aliphatic heterocycles. The zero-order chi connectivity index (χ0) is 8.65. The van der Waals surface area contributed by atoms with Gasteiger partial charge in [0.2, 0.25) is 0 Å². The zero-order valence-corrected chi connectivity index (χ0v) is 5.68. The Kier molecular flexibility index (Phi) is 1.58. The van der Waals surface area contributed by atoms with Crippen LogP contribution in [0.5, 0.6) is 0 Å². The van der Waals surface area contributed by atoms with Gasteiger partial charge in [0.25, 0.3) is 0 Å². The predicted molar refractivity (Wildman–Crippen MR) is 36.1 cm³/mol. The van der Waals surface area contributed by atoms with E-state index in [0.717, 1.165) is 6.07 Å². The van der Waals surface area contributed by atoms with E-state index in [1.54, 1.807) is 0 Å². The molecule has 11 heavy (non-hydrogen) atoms. The van der Waals surface area contributed by atoms with Gasteiger partial charge in [0.05, 0.1) is 0 Å². The van der Waals surface area contributed by atoms with E-state index in [1.165, 1.54) is 7.85 Å². The van der Waals surface area contributed by atoms with E-state index in [-0.39, 0.29) is 16.1 Å². The molecule has 0 aromatic carbocycles. The standard InChI is InChI=1S/C4H5BF3N3/c5-2-1-3(9)10-11(2)4(6,7)8/h1H,5H2,(H2,9,10). The summed E-state index contributed by atoms with van der Waals surface area (Å²) in [6, 6.07) is 1.16. The van der Waals surface area contributed by atoms with Crippen molar-refractivity contribution >= 4 is 19.3 Å². The van der Waals surface area contributed by atoms with Crippen molar-refractivity contribution in [2.24, 2.45) is 0 Å². The lowest BCUT2D eigenvalue weighted by atomic mass is 10.1. The number of nitrogen functional groups attached to an aromatic ring is 1. The summed E-state index contributed by atoms with van der Waals surface area (Å²) in [5.74, 6) is -0.125. The zero-order valence-electron chi connectivity index (χ0n) is 5.68. The Morgan fingerprint density at radius 1 is 1.55 bits per heavy atom. The molecule has 0 radical (unpaired) electrons. The number of nitrogens with zero attached hydrogens (tertiary/aromatic N) is 2. The van der Waals surface area contributed by atoms with Crippen LogP contribution in [0.4, 0.5) is 19.0 Å². The summed E-state index contributed by atoms with van der Waals surface area (Å²) in [5, 5.41) is 3.05. The highest BCUT2D eigenvalue weighted by molar-refractivity contribution is 6.31. The van der Waals surface area contributed by atoms with Crippen molar-refractivity contribution in [1.29, 1.82) is 0 Å². The van der Waals surface area contributed by atoms with E-state index >= 15 is 0 Å². The van der Waals surface area contributed by atoms with E-state index in [1.807, 2.05) is 0 Å². The summed E-state index contributed by atoms with van der Waals surface area (Å²) >= 11 is 0. The first-order valence-electron chi connectivity index (χ1n) is 2.80. The predicted octanol–water partition coefficient (Wildman–Crippen LogP) is -0.800. The SMILES string of the molecule is Bc1cc(N)nn1C(F)(F)F. The Morgan fingerprint density at radius 3 is 2.27 bits per heavy atom. The number of hydrogen-bond donors (Lipinski definition) is 1. The highest BCUT2D eigenvalue weighted by atomic mass is 19.4. The van der Waals surface area contributed by atoms with Gasteiger partial charge in [-0.25, -0.2) is 0 Å². The van der Waals surface area contributed by atoms with Gasteiger partial charge in [-0.2, -0.15) is 4.68 Å². The average molecular weight is 163 g/mol. The van der Waals surface area contributed by atoms with Crippen molar-refractivity contribution in [3.05, 3.63) is 6.07 Å². The molecule has 2 N–H and O–H groups in total. The third-order valence-corrected chi connectivity index (χ3v) is 1.15. The van der Waals surface area contributed by atoms with E-state index in [0.29, 0.717) is 0 Å². The van der Waals surface area contributed by atoms with Gasteiger partial charge in [-0.1, -0.05) is 0 Å². The van der Waals surface area contributed by atoms with Gasteiger partial charge in [-0.3, -0.25) is 0 Å². The summed E-state index contributed by atoms with van der Waals surface area (Å²) in [7, 11) is 1.29. The maximum atomic E-state index is 11.9. The molecule has 7 heteroatoms. The van der Waals surface area contributed by atoms with Gasteiger partial charge in [-0.15, -0.1) is 18.3 Å². The van der Waals surface area contributed by atoms with Crippen molar-refractivity contribution in [2.75, 3.05) is 5.73 Å². The van der Waals surface area contributed by atoms with Crippen LogP contribution in [0.15, 0.2) is 6.07 Å². The molecule has 1 heterocycles. The van der Waals surface area contributed by atoms with Crippen molar-refractivity contribution in [2.45, 2.75) is 6.30 Å². The minimum absolute atomic E-state index is 0.0185. The Balaban J connectivity index is 3.13. The van der Waals surface area contributed by atoms with Gasteiger partial charge in [0.1, 0.15) is 5.82 Å². The number of halogens is 3. The maximum absolute atomic E-state index is 11.9. The summed E-state index contributed by atoms with van der Waals surface area (Å²) in [4.78, 5) is 0. The third-order valence-electron chi connectivity index (χ3n) is 1.15. The quantitative estimate of drug-likeness (QED) is 0.508. The summed E-state index contributed by atoms with van der Waals surface area (Å²) < 4.78 is 35.7. The fourth-order valence-electron chi connectivity index (χ4n) is 0.755. The molecule has 0 spiro atoms. The largest absolute Gasteiger partial charge is 0.503 e. The van der Waals surface area contributed by atoms with Crippen LogP contribution in [-0.2, 0) is 6.30 Å². The van der Waals surface area contributed by atoms with Gasteiger partial charge < -0.3 is 5.73 Å². The van der Waals surface area contributed by atoms with Crippen LogP contribution in [0, 0.1) is 0 Å². The molecule has 60 valence electrons. The highest BCUT2D eigenvalue weighted by Crippen LogP contribution is 2.19. The van der Waals surface area contributed by atoms with Gasteiger partial charge in [-0.05, 0) is 6.07 Å². The number of alkyl halides is 3. The second-order valence-corrected chi connectivity index (χ2v) is 2.09. The summed E-state index contributed by atoms with van der Waals surface area (Å²) in [5.41, 5.74) is 5.03. The topological polar surface area (TPSA) is 43.8 Å². The molecule has 1 aromatic rings. The lowest BCUT2D eigenvalue weighted by Crippen LogP contribution is -2.29. The molecule has 1 rings (SSSR count). The molecule has 0 bridgehead atoms. The molecule has 0 saturated carbocycles. The van der Waals surface area contributed by atoms with E-state index in [4.69, 9.17) is 5.73 Å². The lowest BCUT2D eigenvalue weighted by Gasteiger charge is -2.06. The fourth-order valence-corrected chi connectivity index (χ4v) is 0.755. The smallest absolute Gasteiger partial charge is 0.382 e. The Bertz CT molecular complexity index is 266. The minimum atomic E-state index is -4.47. The number of rotatable bonds is 0. The molecule has 0 amide bonds. The van der Waals surface area contributed by atoms with E-state index in [2.05, 4.69) is 5.10 Å². The van der Waals surface area contributed by atoms with Crippen LogP contribution in [-0.4, -0.2) is 17.6 Å². The first kappa shape index (κ1) is 7.97. The van der Waals surface area contributed by atoms with Crippen molar-refractivity contribution in [3.8, 4) is 0 Å². The molecule has 3 nitrogen and oxygen atoms in total. The lowest BCUT2D eigenvalue weighted by molar-refractivity contribution is -0.209. The van der Waals surface area contributed by atoms with Crippen molar-refractivity contribution < 1.29 is 13.2 Å². The molecular formula is C4H5BF3N3. The monoisotopic (exact) mass is 163 g/mol. The van der Waals surface area contributed by atoms with Gasteiger partial charge in [0, 0.05) is 5.59 Å². The third kappa shape index (κ3) is 1.47. The second kappa shape index (κ2) is 2.18. The Labute approximate surface area is 61.4 Å². The van der Waals surface area contributed by atoms with Gasteiger partial charge >= 0.3 is 6.30 Å². The van der Waals surface area contributed by atoms with E-state index in [9.17, 15) is 13.2 Å². The van der Waals surface area contributed by atoms with E-state index < -0.39 is 6.30 Å². The second-order valence-electron chi connectivity index (χ2n) is 2.09. The van der Waals surface area contributed by atoms with Crippen LogP contribution in [0.3, 0.4) is 0 Å². The number of hydrogen-bond acceptors (Lipinski definition) is 2. The van der Waals surface area contributed by atoms with Gasteiger partial charge in [0.15, 0.2) is 7.85 Å². The normalized spacial score (nSPS) is 11.9. The summed E-state index contributed by atoms with van der Waals surface area (Å²) in [6.07, 6.45) is -4.47. The Hall–Kier alpha value is -1.14. The fraction of sp³-hybridized carbons (Fsp3) is 0.250. The van der Waals surface area contributed by atoms with Crippen molar-refractivity contribution in [3.63, 3.8) is 0 Å². The van der Waals surface area contributed by atoms with Crippen LogP contribution in [0.25, 0.3) is 0 Å². The maximum Gasteiger partial charge on any atom is 0.503 e. The Morgan fingerprint density at radius 2 is 2.09 bits per heavy atom. The molecule has 0 fully saturated rings. The molecule has 0 atom stereocenters. The van der Waals surface area contributed by atoms with Crippen LogP contribution in [0.1, 0.15) is 0 Å². The number of aromatic nitrogens is 2. The van der Waals surface area contributed by atoms with Crippen LogP contribution in [0.2, 0.25) is 0 Å². The van der Waals surface area contributed by atoms with Crippen LogP contribution >= 0.6 is 0 Å². The first-order chi connectivity index (χ1) is 4.91. The molecule has 0 aliphatic carbocycles. The molecule has 0 aliphatic rings. The number of nitrogens with two attached hydrogens (primary N) is 1.